The Bertz CT molecular complexity index is 1420. The van der Waals surface area contributed by atoms with Crippen LogP contribution in [0.3, 0.4) is 0 Å². The molecule has 0 saturated carbocycles. The molecule has 0 heterocycles. The number of ether oxygens (including phenoxy) is 1. The van der Waals surface area contributed by atoms with Crippen LogP contribution in [0, 0.1) is 0 Å². The zero-order chi connectivity index (χ0) is 29.3. The predicted molar refractivity (Wildman–Crippen MR) is 159 cm³/mol. The molecule has 3 aromatic carbocycles. The van der Waals surface area contributed by atoms with Crippen molar-refractivity contribution in [3.05, 3.63) is 94.0 Å². The second kappa shape index (κ2) is 14.4. The second-order valence-corrected chi connectivity index (χ2v) is 11.9. The first kappa shape index (κ1) is 31.3. The van der Waals surface area contributed by atoms with E-state index < -0.39 is 28.5 Å². The molecule has 1 N–H and O–H groups in total. The fourth-order valence-electron chi connectivity index (χ4n) is 4.18. The number of amides is 2. The van der Waals surface area contributed by atoms with Crippen LogP contribution in [0.2, 0.25) is 10.0 Å². The minimum atomic E-state index is -3.92. The first-order chi connectivity index (χ1) is 19.0. The van der Waals surface area contributed by atoms with Gasteiger partial charge in [-0.2, -0.15) is 0 Å². The van der Waals surface area contributed by atoms with Crippen molar-refractivity contribution in [3.8, 4) is 5.75 Å². The van der Waals surface area contributed by atoms with Gasteiger partial charge in [-0.3, -0.25) is 13.9 Å². The number of methoxy groups -OCH3 is 1. The van der Waals surface area contributed by atoms with Gasteiger partial charge in [-0.15, -0.1) is 0 Å². The van der Waals surface area contributed by atoms with Crippen molar-refractivity contribution in [3.63, 3.8) is 0 Å². The predicted octanol–water partition coefficient (Wildman–Crippen LogP) is 4.93. The molecule has 214 valence electrons. The third-order valence-electron chi connectivity index (χ3n) is 6.21. The maximum absolute atomic E-state index is 14.1. The van der Waals surface area contributed by atoms with Crippen LogP contribution in [0.25, 0.3) is 0 Å². The van der Waals surface area contributed by atoms with Crippen LogP contribution < -0.4 is 14.4 Å². The summed E-state index contributed by atoms with van der Waals surface area (Å²) in [7, 11) is -2.50. The zero-order valence-corrected chi connectivity index (χ0v) is 25.0. The fraction of sp³-hybridized carbons (Fsp3) is 0.310. The number of benzene rings is 3. The maximum atomic E-state index is 14.1. The number of rotatable bonds is 13. The summed E-state index contributed by atoms with van der Waals surface area (Å²) in [5.41, 5.74) is 1.60. The van der Waals surface area contributed by atoms with Gasteiger partial charge >= 0.3 is 0 Å². The summed E-state index contributed by atoms with van der Waals surface area (Å²) < 4.78 is 32.2. The number of sulfonamides is 1. The number of anilines is 1. The Morgan fingerprint density at radius 2 is 1.68 bits per heavy atom. The van der Waals surface area contributed by atoms with Gasteiger partial charge in [0.25, 0.3) is 0 Å². The highest BCUT2D eigenvalue weighted by Gasteiger charge is 2.33. The van der Waals surface area contributed by atoms with Gasteiger partial charge < -0.3 is 15.0 Å². The SMILES string of the molecule is CCCNC(=O)C(Cc1ccccc1)N(Cc1ccc(Cl)cc1Cl)C(=O)CN(c1ccccc1OC)S(C)(=O)=O. The number of hydrogen-bond donors (Lipinski definition) is 1. The van der Waals surface area contributed by atoms with Gasteiger partial charge in [-0.05, 0) is 41.8 Å². The van der Waals surface area contributed by atoms with Crippen LogP contribution in [-0.2, 0) is 32.6 Å². The molecule has 1 unspecified atom stereocenters. The van der Waals surface area contributed by atoms with E-state index in [1.807, 2.05) is 37.3 Å². The van der Waals surface area contributed by atoms with E-state index >= 15 is 0 Å². The Morgan fingerprint density at radius 1 is 1.00 bits per heavy atom. The van der Waals surface area contributed by atoms with Gasteiger partial charge in [0.1, 0.15) is 18.3 Å². The average Bonchev–Trinajstić information content (AvgIpc) is 2.93. The van der Waals surface area contributed by atoms with Gasteiger partial charge in [0.15, 0.2) is 0 Å². The van der Waals surface area contributed by atoms with E-state index in [-0.39, 0.29) is 30.3 Å². The summed E-state index contributed by atoms with van der Waals surface area (Å²) in [4.78, 5) is 29.0. The number of halogens is 2. The molecule has 0 aliphatic heterocycles. The smallest absolute Gasteiger partial charge is 0.244 e. The molecule has 1 atom stereocenters. The van der Waals surface area contributed by atoms with Crippen molar-refractivity contribution >= 4 is 50.7 Å². The number of nitrogens with one attached hydrogen (secondary N) is 1. The van der Waals surface area contributed by atoms with Gasteiger partial charge in [0.05, 0.1) is 19.1 Å². The Labute approximate surface area is 245 Å². The lowest BCUT2D eigenvalue weighted by atomic mass is 10.0. The van der Waals surface area contributed by atoms with Gasteiger partial charge in [0.2, 0.25) is 21.8 Å². The van der Waals surface area contributed by atoms with Crippen molar-refractivity contribution < 1.29 is 22.7 Å². The first-order valence-electron chi connectivity index (χ1n) is 12.7. The van der Waals surface area contributed by atoms with Gasteiger partial charge in [0, 0.05) is 29.6 Å². The van der Waals surface area contributed by atoms with E-state index in [1.54, 1.807) is 42.5 Å². The molecule has 0 spiro atoms. The minimum Gasteiger partial charge on any atom is -0.495 e. The Balaban J connectivity index is 2.09. The molecule has 0 aliphatic rings. The minimum absolute atomic E-state index is 0.0462. The van der Waals surface area contributed by atoms with E-state index in [1.165, 1.54) is 12.0 Å². The van der Waals surface area contributed by atoms with Crippen molar-refractivity contribution in [2.75, 3.05) is 30.8 Å². The molecule has 40 heavy (non-hydrogen) atoms. The topological polar surface area (TPSA) is 96.0 Å². The molecule has 3 rings (SSSR count). The number of para-hydroxylation sites is 2. The summed E-state index contributed by atoms with van der Waals surface area (Å²) in [6.45, 7) is 1.75. The van der Waals surface area contributed by atoms with Crippen LogP contribution in [0.15, 0.2) is 72.8 Å². The number of hydrogen-bond acceptors (Lipinski definition) is 5. The molecule has 11 heteroatoms. The summed E-state index contributed by atoms with van der Waals surface area (Å²) in [5, 5.41) is 3.64. The molecule has 3 aromatic rings. The molecular formula is C29H33Cl2N3O5S. The molecular weight excluding hydrogens is 573 g/mol. The van der Waals surface area contributed by atoms with Crippen LogP contribution in [0.4, 0.5) is 5.69 Å². The highest BCUT2D eigenvalue weighted by Crippen LogP contribution is 2.30. The lowest BCUT2D eigenvalue weighted by Crippen LogP contribution is -2.53. The third-order valence-corrected chi connectivity index (χ3v) is 7.92. The van der Waals surface area contributed by atoms with E-state index in [2.05, 4.69) is 5.32 Å². The summed E-state index contributed by atoms with van der Waals surface area (Å²) in [6, 6.07) is 19.8. The van der Waals surface area contributed by atoms with Gasteiger partial charge in [-0.25, -0.2) is 8.42 Å². The molecule has 0 aliphatic carbocycles. The van der Waals surface area contributed by atoms with Crippen LogP contribution in [0.1, 0.15) is 24.5 Å². The average molecular weight is 607 g/mol. The first-order valence-corrected chi connectivity index (χ1v) is 15.3. The second-order valence-electron chi connectivity index (χ2n) is 9.20. The number of nitrogens with zero attached hydrogens (tertiary/aromatic N) is 2. The largest absolute Gasteiger partial charge is 0.495 e. The maximum Gasteiger partial charge on any atom is 0.244 e. The highest BCUT2D eigenvalue weighted by molar-refractivity contribution is 7.92. The quantitative estimate of drug-likeness (QED) is 0.298. The molecule has 0 aromatic heterocycles. The third kappa shape index (κ3) is 8.36. The summed E-state index contributed by atoms with van der Waals surface area (Å²) in [6.07, 6.45) is 1.93. The number of carbonyl (C=O) groups excluding carboxylic acids is 2. The molecule has 0 bridgehead atoms. The molecule has 0 fully saturated rings. The fourth-order valence-corrected chi connectivity index (χ4v) is 5.51. The van der Waals surface area contributed by atoms with E-state index in [0.717, 1.165) is 16.1 Å². The summed E-state index contributed by atoms with van der Waals surface area (Å²) in [5.74, 6) is -0.656. The lowest BCUT2D eigenvalue weighted by Gasteiger charge is -2.34. The lowest BCUT2D eigenvalue weighted by molar-refractivity contribution is -0.140. The molecule has 0 saturated heterocycles. The summed E-state index contributed by atoms with van der Waals surface area (Å²) >= 11 is 12.6. The van der Waals surface area contributed by atoms with Gasteiger partial charge in [-0.1, -0.05) is 78.7 Å². The standard InChI is InChI=1S/C29H33Cl2N3O5S/c1-4-16-32-29(36)26(17-21-10-6-5-7-11-21)33(19-22-14-15-23(30)18-24(22)31)28(35)20-34(40(3,37)38)25-12-8-9-13-27(25)39-2/h5-15,18,26H,4,16-17,19-20H2,1-3H3,(H,32,36). The van der Waals surface area contributed by atoms with Crippen molar-refractivity contribution in [1.82, 2.24) is 10.2 Å². The monoisotopic (exact) mass is 605 g/mol. The van der Waals surface area contributed by atoms with Crippen LogP contribution >= 0.6 is 23.2 Å². The van der Waals surface area contributed by atoms with E-state index in [0.29, 0.717) is 28.6 Å². The Kier molecular flexibility index (Phi) is 11.2. The molecule has 2 amide bonds. The number of carbonyl (C=O) groups is 2. The molecule has 0 radical (unpaired) electrons. The van der Waals surface area contributed by atoms with Crippen molar-refractivity contribution in [2.45, 2.75) is 32.4 Å². The van der Waals surface area contributed by atoms with E-state index in [4.69, 9.17) is 27.9 Å². The Morgan fingerprint density at radius 3 is 2.30 bits per heavy atom. The van der Waals surface area contributed by atoms with Crippen LogP contribution in [0.5, 0.6) is 5.75 Å². The zero-order valence-electron chi connectivity index (χ0n) is 22.6. The molecule has 8 nitrogen and oxygen atoms in total. The highest BCUT2D eigenvalue weighted by atomic mass is 35.5. The van der Waals surface area contributed by atoms with Crippen LogP contribution in [-0.4, -0.2) is 57.6 Å². The van der Waals surface area contributed by atoms with Crippen molar-refractivity contribution in [1.29, 1.82) is 0 Å². The Hall–Kier alpha value is -3.27. The normalized spacial score (nSPS) is 11.9. The van der Waals surface area contributed by atoms with Crippen molar-refractivity contribution in [2.24, 2.45) is 0 Å². The van der Waals surface area contributed by atoms with E-state index in [9.17, 15) is 18.0 Å².